The van der Waals surface area contributed by atoms with Crippen molar-refractivity contribution in [1.29, 1.82) is 0 Å². The lowest BCUT2D eigenvalue weighted by Crippen LogP contribution is -2.65. The van der Waals surface area contributed by atoms with Gasteiger partial charge in [-0.25, -0.2) is 19.2 Å². The number of allylic oxidation sites excluding steroid dienone is 1. The van der Waals surface area contributed by atoms with Crippen LogP contribution in [0.5, 0.6) is 0 Å². The zero-order chi connectivity index (χ0) is 53.9. The van der Waals surface area contributed by atoms with Crippen LogP contribution < -0.4 is 0 Å². The van der Waals surface area contributed by atoms with E-state index in [1.54, 1.807) is 9.80 Å². The molecule has 6 aliphatic heterocycles. The normalized spacial score (nSPS) is 38.4. The van der Waals surface area contributed by atoms with E-state index in [1.165, 1.54) is 33.5 Å². The minimum atomic E-state index is -0.635. The molecule has 6 saturated carbocycles. The minimum absolute atomic E-state index is 0.0101. The van der Waals surface area contributed by atoms with Gasteiger partial charge in [-0.05, 0) is 187 Å². The van der Waals surface area contributed by atoms with Gasteiger partial charge in [-0.2, -0.15) is 0 Å². The molecule has 12 rings (SSSR count). The molecule has 18 heteroatoms. The standard InChI is InChI=1S/C28H47BN2O6.C18H30N2O4.C10H17BO2/c1-26(2,3)35-25(33)31-17-20(30-13-8-9-14-30)19(23(31)24(32)34-7)11-10-12-29-36-22-16-18-15-21(27(18,4)5)28(22,6)37-29;1-6-9-13-14(19-10-7-8-11-19)12-20(15(13)16(21)23-5)17(22)24-18(2,3)4;1-9(2)6-4-7(9)10(3)8(5-6)12-11-13-10/h18-23H,8-17H2,1-7H3;6,13-15H,1,7-12H2,2-5H3;6-8,11H,4-5H2,1-3H3/t18-,19+,20-,21-,22+,23-,28-;13-,14+,15+;6-,7-,8+,10-/m010/s1. The molecular formula is C56H94B2N4O12. The molecule has 416 valence electrons. The van der Waals surface area contributed by atoms with E-state index in [1.807, 2.05) is 47.6 Å². The van der Waals surface area contributed by atoms with Gasteiger partial charge in [-0.15, -0.1) is 6.58 Å². The summed E-state index contributed by atoms with van der Waals surface area (Å²) in [6, 6.07) is -0.989. The van der Waals surface area contributed by atoms with Crippen LogP contribution in [0.3, 0.4) is 0 Å². The Labute approximate surface area is 445 Å². The van der Waals surface area contributed by atoms with E-state index >= 15 is 0 Å². The molecule has 0 aromatic heterocycles. The summed E-state index contributed by atoms with van der Waals surface area (Å²) in [4.78, 5) is 59.3. The van der Waals surface area contributed by atoms with Crippen LogP contribution in [0.4, 0.5) is 9.59 Å². The highest BCUT2D eigenvalue weighted by Gasteiger charge is 2.68. The van der Waals surface area contributed by atoms with Gasteiger partial charge in [0.2, 0.25) is 0 Å². The van der Waals surface area contributed by atoms with E-state index < -0.39 is 35.5 Å². The SMILES string of the molecule is C=CC[C@H]1[C@@H](C(=O)OC)N(C(=O)OC(C)(C)C)C[C@@H]1N1CCCC1.CC1(C)[C@@H]2C[C@H]3OBO[C@@]3(C)[C@H]1C2.COC(=O)[C@@H]1[C@H](CCCB2O[C@@H]3C[C@@H]4C[C@@H](C4(C)C)[C@]3(C)O2)[C@@H](N2CCCC2)CN1C(=O)OC(C)(C)C. The average molecular weight is 1040 g/mol. The minimum Gasteiger partial charge on any atom is -0.467 e. The van der Waals surface area contributed by atoms with Crippen LogP contribution in [0.2, 0.25) is 6.32 Å². The number of carbonyl (C=O) groups is 4. The molecule has 0 unspecified atom stereocenters. The number of amides is 2. The lowest BCUT2D eigenvalue weighted by molar-refractivity contribution is -0.199. The summed E-state index contributed by atoms with van der Waals surface area (Å²) in [7, 11) is 3.09. The summed E-state index contributed by atoms with van der Waals surface area (Å²) >= 11 is 0. The molecule has 12 aliphatic rings. The van der Waals surface area contributed by atoms with E-state index in [2.05, 4.69) is 57.9 Å². The average Bonchev–Trinajstić information content (AvgIpc) is 4.19. The molecular weight excluding hydrogens is 942 g/mol. The second kappa shape index (κ2) is 21.7. The molecule has 12 fully saturated rings. The summed E-state index contributed by atoms with van der Waals surface area (Å²) in [5.74, 6) is 2.11. The second-order valence-corrected chi connectivity index (χ2v) is 27.1. The predicted molar refractivity (Wildman–Crippen MR) is 284 cm³/mol. The van der Waals surface area contributed by atoms with Crippen LogP contribution >= 0.6 is 0 Å². The lowest BCUT2D eigenvalue weighted by Gasteiger charge is -2.64. The summed E-state index contributed by atoms with van der Waals surface area (Å²) < 4.78 is 46.0. The van der Waals surface area contributed by atoms with Crippen molar-refractivity contribution in [2.45, 2.75) is 219 Å². The highest BCUT2D eigenvalue weighted by molar-refractivity contribution is 6.45. The van der Waals surface area contributed by atoms with Crippen molar-refractivity contribution in [2.75, 3.05) is 53.5 Å². The van der Waals surface area contributed by atoms with E-state index in [0.717, 1.165) is 89.3 Å². The first-order valence-electron chi connectivity index (χ1n) is 28.5. The fourth-order valence-electron chi connectivity index (χ4n) is 15.8. The van der Waals surface area contributed by atoms with Crippen molar-refractivity contribution in [3.8, 4) is 0 Å². The molecule has 0 radical (unpaired) electrons. The van der Waals surface area contributed by atoms with Crippen LogP contribution in [0.25, 0.3) is 0 Å². The molecule has 0 N–H and O–H groups in total. The van der Waals surface area contributed by atoms with Crippen molar-refractivity contribution in [3.05, 3.63) is 12.7 Å². The number of ether oxygens (including phenoxy) is 4. The van der Waals surface area contributed by atoms with Crippen molar-refractivity contribution >= 4 is 38.9 Å². The van der Waals surface area contributed by atoms with Crippen LogP contribution in [-0.4, -0.2) is 171 Å². The third kappa shape index (κ3) is 11.1. The van der Waals surface area contributed by atoms with Gasteiger partial charge < -0.3 is 37.6 Å². The molecule has 6 aliphatic carbocycles. The third-order valence-corrected chi connectivity index (χ3v) is 20.0. The van der Waals surface area contributed by atoms with Crippen molar-refractivity contribution < 1.29 is 56.7 Å². The van der Waals surface area contributed by atoms with E-state index in [-0.39, 0.29) is 60.3 Å². The predicted octanol–water partition coefficient (Wildman–Crippen LogP) is 8.30. The molecule has 6 heterocycles. The Morgan fingerprint density at radius 2 is 1.14 bits per heavy atom. The maximum absolute atomic E-state index is 13.2. The van der Waals surface area contributed by atoms with E-state index in [4.69, 9.17) is 37.6 Å². The Kier molecular flexibility index (Phi) is 16.8. The van der Waals surface area contributed by atoms with E-state index in [0.29, 0.717) is 56.0 Å². The Morgan fingerprint density at radius 3 is 1.59 bits per heavy atom. The topological polar surface area (TPSA) is 155 Å². The maximum Gasteiger partial charge on any atom is 0.457 e. The Morgan fingerprint density at radius 1 is 0.676 bits per heavy atom. The first kappa shape index (κ1) is 57.3. The highest BCUT2D eigenvalue weighted by Crippen LogP contribution is 2.66. The fourth-order valence-corrected chi connectivity index (χ4v) is 15.8. The van der Waals surface area contributed by atoms with Gasteiger partial charge in [-0.3, -0.25) is 19.6 Å². The zero-order valence-electron chi connectivity index (χ0n) is 47.9. The van der Waals surface area contributed by atoms with Gasteiger partial charge in [0.1, 0.15) is 23.3 Å². The smallest absolute Gasteiger partial charge is 0.457 e. The molecule has 2 amide bonds. The monoisotopic (exact) mass is 1040 g/mol. The summed E-state index contributed by atoms with van der Waals surface area (Å²) in [6.07, 6.45) is 14.2. The van der Waals surface area contributed by atoms with Crippen molar-refractivity contribution in [1.82, 2.24) is 19.6 Å². The highest BCUT2D eigenvalue weighted by atomic mass is 16.7. The molecule has 6 saturated heterocycles. The largest absolute Gasteiger partial charge is 0.467 e. The van der Waals surface area contributed by atoms with Crippen LogP contribution in [0.1, 0.15) is 154 Å². The van der Waals surface area contributed by atoms with Crippen LogP contribution in [-0.2, 0) is 47.2 Å². The van der Waals surface area contributed by atoms with Crippen LogP contribution in [0.15, 0.2) is 12.7 Å². The molecule has 14 atom stereocenters. The molecule has 4 bridgehead atoms. The van der Waals surface area contributed by atoms with Gasteiger partial charge in [-0.1, -0.05) is 40.2 Å². The first-order chi connectivity index (χ1) is 34.7. The van der Waals surface area contributed by atoms with Gasteiger partial charge in [0.15, 0.2) is 0 Å². The van der Waals surface area contributed by atoms with Crippen LogP contribution in [0, 0.1) is 46.3 Å². The number of likely N-dealkylation sites (tertiary alicyclic amines) is 4. The number of rotatable bonds is 10. The van der Waals surface area contributed by atoms with E-state index in [9.17, 15) is 19.2 Å². The summed E-state index contributed by atoms with van der Waals surface area (Å²) in [5.41, 5.74) is -0.585. The van der Waals surface area contributed by atoms with Gasteiger partial charge in [0, 0.05) is 37.0 Å². The molecule has 0 aromatic rings. The van der Waals surface area contributed by atoms with Crippen molar-refractivity contribution in [2.24, 2.45) is 46.3 Å². The molecule has 74 heavy (non-hydrogen) atoms. The van der Waals surface area contributed by atoms with Gasteiger partial charge in [0.25, 0.3) is 0 Å². The Bertz CT molecular complexity index is 2040. The van der Waals surface area contributed by atoms with Gasteiger partial charge >= 0.3 is 38.9 Å². The Balaban J connectivity index is 0.000000167. The second-order valence-electron chi connectivity index (χ2n) is 27.1. The Hall–Kier alpha value is -2.89. The number of hydrogen-bond donors (Lipinski definition) is 0. The number of methoxy groups -OCH3 is 2. The number of hydrogen-bond acceptors (Lipinski definition) is 14. The number of nitrogens with zero attached hydrogens (tertiary/aromatic N) is 4. The summed E-state index contributed by atoms with van der Waals surface area (Å²) in [6.45, 7) is 33.9. The quantitative estimate of drug-likeness (QED) is 0.0892. The molecule has 0 spiro atoms. The summed E-state index contributed by atoms with van der Waals surface area (Å²) in [5, 5.41) is 0. The van der Waals surface area contributed by atoms with Gasteiger partial charge in [0.05, 0.1) is 37.6 Å². The zero-order valence-corrected chi connectivity index (χ0v) is 47.9. The maximum atomic E-state index is 13.2. The third-order valence-electron chi connectivity index (χ3n) is 20.0. The first-order valence-corrected chi connectivity index (χ1v) is 28.5. The number of carbonyl (C=O) groups excluding carboxylic acids is 4. The number of esters is 2. The lowest BCUT2D eigenvalue weighted by atomic mass is 9.43. The van der Waals surface area contributed by atoms with Crippen molar-refractivity contribution in [3.63, 3.8) is 0 Å². The molecule has 16 nitrogen and oxygen atoms in total. The molecule has 0 aromatic carbocycles. The fraction of sp³-hybridized carbons (Fsp3) is 0.893.